The van der Waals surface area contributed by atoms with Gasteiger partial charge in [-0.3, -0.25) is 4.68 Å². The van der Waals surface area contributed by atoms with Crippen molar-refractivity contribution >= 4 is 10.0 Å². The Kier molecular flexibility index (Phi) is 4.35. The molecule has 0 spiro atoms. The predicted octanol–water partition coefficient (Wildman–Crippen LogP) is 2.01. The van der Waals surface area contributed by atoms with Gasteiger partial charge in [-0.05, 0) is 31.0 Å². The molecule has 9 heteroatoms. The quantitative estimate of drug-likeness (QED) is 0.685. The molecule has 1 aliphatic rings. The topological polar surface area (TPSA) is 85.9 Å². The van der Waals surface area contributed by atoms with Crippen LogP contribution in [-0.4, -0.2) is 43.8 Å². The molecule has 0 amide bonds. The van der Waals surface area contributed by atoms with Gasteiger partial charge in [0.05, 0.1) is 23.2 Å². The summed E-state index contributed by atoms with van der Waals surface area (Å²) in [6.07, 6.45) is 4.49. The molecule has 1 aromatic carbocycles. The van der Waals surface area contributed by atoms with E-state index in [1.807, 2.05) is 43.8 Å². The molecule has 0 saturated carbocycles. The first-order chi connectivity index (χ1) is 12.9. The van der Waals surface area contributed by atoms with Crippen molar-refractivity contribution in [2.24, 2.45) is 7.05 Å². The average Bonchev–Trinajstić information content (AvgIpc) is 3.28. The minimum Gasteiger partial charge on any atom is -0.306 e. The summed E-state index contributed by atoms with van der Waals surface area (Å²) < 4.78 is 31.3. The van der Waals surface area contributed by atoms with E-state index in [0.717, 1.165) is 23.4 Å². The molecule has 3 heterocycles. The van der Waals surface area contributed by atoms with E-state index in [0.29, 0.717) is 17.3 Å². The molecule has 1 atom stereocenters. The predicted molar refractivity (Wildman–Crippen MR) is 100 cm³/mol. The van der Waals surface area contributed by atoms with E-state index >= 15 is 0 Å². The van der Waals surface area contributed by atoms with Crippen molar-refractivity contribution in [1.82, 2.24) is 28.9 Å². The Morgan fingerprint density at radius 3 is 2.56 bits per heavy atom. The zero-order chi connectivity index (χ0) is 19.2. The summed E-state index contributed by atoms with van der Waals surface area (Å²) in [5.41, 5.74) is 1.98. The van der Waals surface area contributed by atoms with Gasteiger partial charge in [-0.15, -0.1) is 10.2 Å². The summed E-state index contributed by atoms with van der Waals surface area (Å²) in [7, 11) is -1.73. The zero-order valence-electron chi connectivity index (χ0n) is 15.6. The van der Waals surface area contributed by atoms with Crippen LogP contribution in [0.4, 0.5) is 0 Å². The SMILES string of the molecule is CCc1ccc(S(=O)(=O)N2Cc3nnc(-c4cnn(C)c4)n3[C@@H](C)C2)cc1. The summed E-state index contributed by atoms with van der Waals surface area (Å²) in [5, 5.41) is 12.7. The normalized spacial score (nSPS) is 17.8. The minimum absolute atomic E-state index is 0.0800. The summed E-state index contributed by atoms with van der Waals surface area (Å²) in [5.74, 6) is 1.36. The van der Waals surface area contributed by atoms with Gasteiger partial charge in [0.25, 0.3) is 0 Å². The Morgan fingerprint density at radius 1 is 1.19 bits per heavy atom. The van der Waals surface area contributed by atoms with Crippen LogP contribution in [0.15, 0.2) is 41.6 Å². The van der Waals surface area contributed by atoms with E-state index in [1.54, 1.807) is 23.0 Å². The summed E-state index contributed by atoms with van der Waals surface area (Å²) in [6.45, 7) is 4.60. The maximum atomic E-state index is 13.1. The fourth-order valence-electron chi connectivity index (χ4n) is 3.46. The maximum Gasteiger partial charge on any atom is 0.243 e. The molecule has 0 aliphatic carbocycles. The third-order valence-electron chi connectivity index (χ3n) is 4.93. The molecule has 0 saturated heterocycles. The first-order valence-electron chi connectivity index (χ1n) is 8.92. The largest absolute Gasteiger partial charge is 0.306 e. The number of rotatable bonds is 4. The number of aromatic nitrogens is 5. The van der Waals surface area contributed by atoms with Crippen LogP contribution >= 0.6 is 0 Å². The molecule has 2 aromatic heterocycles. The average molecular weight is 386 g/mol. The van der Waals surface area contributed by atoms with E-state index in [-0.39, 0.29) is 12.6 Å². The second-order valence-electron chi connectivity index (χ2n) is 6.86. The van der Waals surface area contributed by atoms with E-state index in [4.69, 9.17) is 0 Å². The second kappa shape index (κ2) is 6.58. The van der Waals surface area contributed by atoms with Crippen LogP contribution in [0.25, 0.3) is 11.4 Å². The molecular weight excluding hydrogens is 364 g/mol. The number of nitrogens with zero attached hydrogens (tertiary/aromatic N) is 6. The van der Waals surface area contributed by atoms with E-state index in [9.17, 15) is 8.42 Å². The zero-order valence-corrected chi connectivity index (χ0v) is 16.4. The number of hydrogen-bond donors (Lipinski definition) is 0. The second-order valence-corrected chi connectivity index (χ2v) is 8.79. The summed E-state index contributed by atoms with van der Waals surface area (Å²) in [6, 6.07) is 7.01. The lowest BCUT2D eigenvalue weighted by Gasteiger charge is -2.31. The van der Waals surface area contributed by atoms with Crippen molar-refractivity contribution in [2.75, 3.05) is 6.54 Å². The highest BCUT2D eigenvalue weighted by atomic mass is 32.2. The van der Waals surface area contributed by atoms with Crippen molar-refractivity contribution in [2.45, 2.75) is 37.8 Å². The first-order valence-corrected chi connectivity index (χ1v) is 10.4. The van der Waals surface area contributed by atoms with Gasteiger partial charge < -0.3 is 4.57 Å². The Hall–Kier alpha value is -2.52. The standard InChI is InChI=1S/C18H22N6O2S/c1-4-14-5-7-16(8-6-14)27(25,26)23-10-13(2)24-17(12-23)20-21-18(24)15-9-19-22(3)11-15/h5-9,11,13H,4,10,12H2,1-3H3/t13-/m0/s1. The van der Waals surface area contributed by atoms with Crippen molar-refractivity contribution < 1.29 is 8.42 Å². The summed E-state index contributed by atoms with van der Waals surface area (Å²) >= 11 is 0. The van der Waals surface area contributed by atoms with Gasteiger partial charge in [-0.25, -0.2) is 8.42 Å². The number of hydrogen-bond acceptors (Lipinski definition) is 5. The lowest BCUT2D eigenvalue weighted by Crippen LogP contribution is -2.40. The molecule has 8 nitrogen and oxygen atoms in total. The van der Waals surface area contributed by atoms with Gasteiger partial charge in [0, 0.05) is 25.8 Å². The van der Waals surface area contributed by atoms with Crippen molar-refractivity contribution in [3.8, 4) is 11.4 Å². The van der Waals surface area contributed by atoms with Gasteiger partial charge in [0.15, 0.2) is 5.82 Å². The van der Waals surface area contributed by atoms with Crippen molar-refractivity contribution in [3.05, 3.63) is 48.0 Å². The van der Waals surface area contributed by atoms with E-state index < -0.39 is 10.0 Å². The molecule has 0 fully saturated rings. The van der Waals surface area contributed by atoms with Crippen LogP contribution in [0.5, 0.6) is 0 Å². The Bertz CT molecular complexity index is 1070. The highest BCUT2D eigenvalue weighted by Crippen LogP contribution is 2.30. The molecule has 142 valence electrons. The monoisotopic (exact) mass is 386 g/mol. The number of aryl methyl sites for hydroxylation is 2. The molecule has 0 unspecified atom stereocenters. The van der Waals surface area contributed by atoms with Gasteiger partial charge in [-0.1, -0.05) is 19.1 Å². The fraction of sp³-hybridized carbons (Fsp3) is 0.389. The van der Waals surface area contributed by atoms with E-state index in [2.05, 4.69) is 15.3 Å². The third-order valence-corrected chi connectivity index (χ3v) is 6.75. The van der Waals surface area contributed by atoms with Crippen LogP contribution in [0.2, 0.25) is 0 Å². The highest BCUT2D eigenvalue weighted by Gasteiger charge is 2.34. The third kappa shape index (κ3) is 3.06. The number of fused-ring (bicyclic) bond motifs is 1. The van der Waals surface area contributed by atoms with Crippen LogP contribution in [0, 0.1) is 0 Å². The van der Waals surface area contributed by atoms with E-state index in [1.165, 1.54) is 4.31 Å². The van der Waals surface area contributed by atoms with Gasteiger partial charge in [0.2, 0.25) is 10.0 Å². The van der Waals surface area contributed by atoms with Gasteiger partial charge in [0.1, 0.15) is 5.82 Å². The maximum absolute atomic E-state index is 13.1. The highest BCUT2D eigenvalue weighted by molar-refractivity contribution is 7.89. The van der Waals surface area contributed by atoms with Gasteiger partial charge >= 0.3 is 0 Å². The van der Waals surface area contributed by atoms with Crippen molar-refractivity contribution in [3.63, 3.8) is 0 Å². The molecule has 27 heavy (non-hydrogen) atoms. The molecule has 0 N–H and O–H groups in total. The molecule has 4 rings (SSSR count). The first kappa shape index (κ1) is 17.9. The minimum atomic E-state index is -3.58. The van der Waals surface area contributed by atoms with Crippen LogP contribution in [0.3, 0.4) is 0 Å². The fourth-order valence-corrected chi connectivity index (χ4v) is 4.93. The Morgan fingerprint density at radius 2 is 1.93 bits per heavy atom. The molecule has 1 aliphatic heterocycles. The Labute approximate surface area is 158 Å². The molecule has 0 bridgehead atoms. The molecular formula is C18H22N6O2S. The van der Waals surface area contributed by atoms with Crippen molar-refractivity contribution in [1.29, 1.82) is 0 Å². The van der Waals surface area contributed by atoms with Crippen LogP contribution in [-0.2, 0) is 30.0 Å². The van der Waals surface area contributed by atoms with Gasteiger partial charge in [-0.2, -0.15) is 9.40 Å². The lowest BCUT2D eigenvalue weighted by molar-refractivity contribution is 0.293. The van der Waals surface area contributed by atoms with Crippen LogP contribution < -0.4 is 0 Å². The number of sulfonamides is 1. The molecule has 3 aromatic rings. The summed E-state index contributed by atoms with van der Waals surface area (Å²) in [4.78, 5) is 0.312. The molecule has 0 radical (unpaired) electrons. The lowest BCUT2D eigenvalue weighted by atomic mass is 10.2. The number of benzene rings is 1. The smallest absolute Gasteiger partial charge is 0.243 e. The Balaban J connectivity index is 1.66. The van der Waals surface area contributed by atoms with Crippen LogP contribution in [0.1, 0.15) is 31.3 Å².